The molecule has 0 atom stereocenters. The number of ketones is 1. The van der Waals surface area contributed by atoms with Crippen LogP contribution in [0.5, 0.6) is 11.5 Å². The lowest BCUT2D eigenvalue weighted by Crippen LogP contribution is -2.46. The Morgan fingerprint density at radius 2 is 1.31 bits per heavy atom. The average Bonchev–Trinajstić information content (AvgIpc) is 2.57. The molecule has 0 aliphatic rings. The van der Waals surface area contributed by atoms with Crippen LogP contribution in [0.3, 0.4) is 0 Å². The van der Waals surface area contributed by atoms with Gasteiger partial charge < -0.3 is 13.6 Å². The maximum absolute atomic E-state index is 13.3. The molecule has 1 rings (SSSR count). The number of carbonyl (C=O) groups is 2. The molecule has 0 fully saturated rings. The van der Waals surface area contributed by atoms with Crippen LogP contribution in [0.4, 0.5) is 4.79 Å². The van der Waals surface area contributed by atoms with Gasteiger partial charge in [-0.1, -0.05) is 47.6 Å². The summed E-state index contributed by atoms with van der Waals surface area (Å²) in [7, 11) is -9.07. The molecule has 0 unspecified atom stereocenters. The molecule has 0 aliphatic carbocycles. The summed E-state index contributed by atoms with van der Waals surface area (Å²) in [4.78, 5) is 25.3. The lowest BCUT2D eigenvalue weighted by Gasteiger charge is -2.40. The van der Waals surface area contributed by atoms with E-state index in [0.29, 0.717) is 5.75 Å². The first kappa shape index (κ1) is 32.2. The van der Waals surface area contributed by atoms with Gasteiger partial charge in [0.05, 0.1) is 5.56 Å². The number of benzene rings is 1. The summed E-state index contributed by atoms with van der Waals surface area (Å²) in [5.74, 6) is -0.967. The van der Waals surface area contributed by atoms with Crippen LogP contribution in [0.2, 0.25) is 36.3 Å². The lowest BCUT2D eigenvalue weighted by atomic mass is 10.1. The number of sulfonamides is 1. The van der Waals surface area contributed by atoms with E-state index >= 15 is 0 Å². The normalized spacial score (nSPS) is 13.7. The van der Waals surface area contributed by atoms with Gasteiger partial charge in [-0.3, -0.25) is 4.79 Å². The molecule has 1 amide bonds. The fraction of sp³-hybridized carbons (Fsp3) is 0.680. The molecule has 0 saturated carbocycles. The van der Waals surface area contributed by atoms with Gasteiger partial charge in [-0.05, 0) is 69.2 Å². The number of amides is 1. The lowest BCUT2D eigenvalue weighted by molar-refractivity contribution is 0.0570. The maximum atomic E-state index is 13.3. The Morgan fingerprint density at radius 3 is 1.75 bits per heavy atom. The average molecular weight is 560 g/mol. The SMILES string of the molecule is CC(C)(C)OC(=O)NS(=O)(=O)CC(=O)c1cccc(O[Si](C)(C)C(C)(C)C)c1O[Si](C)(C)C(C)(C)C. The van der Waals surface area contributed by atoms with Crippen molar-refractivity contribution in [3.63, 3.8) is 0 Å². The Balaban J connectivity index is 3.50. The van der Waals surface area contributed by atoms with Crippen LogP contribution < -0.4 is 13.6 Å². The van der Waals surface area contributed by atoms with E-state index < -0.39 is 49.9 Å². The molecule has 0 saturated heterocycles. The summed E-state index contributed by atoms with van der Waals surface area (Å²) in [5.41, 5.74) is -0.783. The molecule has 0 aromatic heterocycles. The Bertz CT molecular complexity index is 1080. The van der Waals surface area contributed by atoms with Crippen LogP contribution in [0.25, 0.3) is 0 Å². The van der Waals surface area contributed by atoms with Crippen LogP contribution in [-0.4, -0.2) is 48.3 Å². The zero-order chi connectivity index (χ0) is 28.5. The van der Waals surface area contributed by atoms with Crippen LogP contribution in [-0.2, 0) is 14.8 Å². The standard InChI is InChI=1S/C25H45NO7SSi2/c1-23(2,3)31-22(28)26-34(29,30)17-19(27)18-15-14-16-20(32-35(10,11)24(4,5)6)21(18)33-36(12,13)25(7,8)9/h14-16H,17H2,1-13H3,(H,26,28). The van der Waals surface area contributed by atoms with Gasteiger partial charge in [0.25, 0.3) is 16.6 Å². The summed E-state index contributed by atoms with van der Waals surface area (Å²) in [5, 5.41) is -0.288. The fourth-order valence-electron chi connectivity index (χ4n) is 2.47. The van der Waals surface area contributed by atoms with E-state index in [9.17, 15) is 18.0 Å². The van der Waals surface area contributed by atoms with Crippen LogP contribution in [0, 0.1) is 0 Å². The maximum Gasteiger partial charge on any atom is 0.421 e. The molecule has 0 heterocycles. The first-order valence-electron chi connectivity index (χ1n) is 12.1. The topological polar surface area (TPSA) is 108 Å². The van der Waals surface area contributed by atoms with Crippen molar-refractivity contribution >= 4 is 38.5 Å². The van der Waals surface area contributed by atoms with E-state index in [1.807, 2.05) is 17.8 Å². The third kappa shape index (κ3) is 8.91. The van der Waals surface area contributed by atoms with Crippen molar-refractivity contribution in [2.24, 2.45) is 0 Å². The van der Waals surface area contributed by atoms with E-state index in [1.165, 1.54) is 6.07 Å². The van der Waals surface area contributed by atoms with E-state index in [-0.39, 0.29) is 21.4 Å². The van der Waals surface area contributed by atoms with Gasteiger partial charge in [-0.25, -0.2) is 17.9 Å². The molecule has 0 radical (unpaired) electrons. The van der Waals surface area contributed by atoms with Crippen molar-refractivity contribution in [1.82, 2.24) is 4.72 Å². The Hall–Kier alpha value is -1.86. The van der Waals surface area contributed by atoms with E-state index in [0.717, 1.165) is 0 Å². The Kier molecular flexibility index (Phi) is 9.37. The highest BCUT2D eigenvalue weighted by molar-refractivity contribution is 7.90. The largest absolute Gasteiger partial charge is 0.541 e. The molecule has 36 heavy (non-hydrogen) atoms. The first-order chi connectivity index (χ1) is 15.8. The minimum absolute atomic E-state index is 0.102. The summed E-state index contributed by atoms with van der Waals surface area (Å²) in [6.07, 6.45) is -1.14. The van der Waals surface area contributed by atoms with Crippen molar-refractivity contribution in [1.29, 1.82) is 0 Å². The molecule has 0 bridgehead atoms. The molecule has 1 N–H and O–H groups in total. The molecule has 0 aliphatic heterocycles. The highest BCUT2D eigenvalue weighted by Gasteiger charge is 2.43. The molecule has 0 spiro atoms. The number of hydrogen-bond acceptors (Lipinski definition) is 7. The van der Waals surface area contributed by atoms with Gasteiger partial charge in [0, 0.05) is 0 Å². The number of rotatable bonds is 8. The Labute approximate surface area is 219 Å². The first-order valence-corrected chi connectivity index (χ1v) is 19.5. The second kappa shape index (κ2) is 10.5. The minimum atomic E-state index is -4.31. The van der Waals surface area contributed by atoms with Gasteiger partial charge in [-0.15, -0.1) is 0 Å². The molecule has 206 valence electrons. The highest BCUT2D eigenvalue weighted by atomic mass is 32.2. The van der Waals surface area contributed by atoms with Crippen LogP contribution >= 0.6 is 0 Å². The molecular formula is C25H45NO7SSi2. The van der Waals surface area contributed by atoms with E-state index in [4.69, 9.17) is 13.6 Å². The van der Waals surface area contributed by atoms with Crippen molar-refractivity contribution in [2.45, 2.75) is 104 Å². The van der Waals surface area contributed by atoms with Gasteiger partial charge in [0.1, 0.15) is 17.1 Å². The molecule has 1 aromatic carbocycles. The zero-order valence-corrected chi connectivity index (χ0v) is 27.0. The summed E-state index contributed by atoms with van der Waals surface area (Å²) in [6.45, 7) is 25.7. The summed E-state index contributed by atoms with van der Waals surface area (Å²) in [6, 6.07) is 4.95. The zero-order valence-electron chi connectivity index (χ0n) is 24.2. The van der Waals surface area contributed by atoms with Crippen LogP contribution in [0.15, 0.2) is 18.2 Å². The van der Waals surface area contributed by atoms with Crippen molar-refractivity contribution in [2.75, 3.05) is 5.75 Å². The molecule has 11 heteroatoms. The molecular weight excluding hydrogens is 515 g/mol. The van der Waals surface area contributed by atoms with Crippen molar-refractivity contribution in [3.8, 4) is 11.5 Å². The second-order valence-corrected chi connectivity index (χ2v) is 24.3. The van der Waals surface area contributed by atoms with Crippen LogP contribution in [0.1, 0.15) is 72.7 Å². The van der Waals surface area contributed by atoms with Crippen molar-refractivity contribution in [3.05, 3.63) is 23.8 Å². The number of carbonyl (C=O) groups excluding carboxylic acids is 2. The third-order valence-electron chi connectivity index (χ3n) is 6.57. The van der Waals surface area contributed by atoms with Crippen molar-refractivity contribution < 1.29 is 31.6 Å². The minimum Gasteiger partial charge on any atom is -0.541 e. The fourth-order valence-corrected chi connectivity index (χ4v) is 5.38. The smallest absolute Gasteiger partial charge is 0.421 e. The molecule has 1 aromatic rings. The summed E-state index contributed by atoms with van der Waals surface area (Å²) < 4.78 is 45.2. The highest BCUT2D eigenvalue weighted by Crippen LogP contribution is 2.45. The molecule has 8 nitrogen and oxygen atoms in total. The van der Waals surface area contributed by atoms with Gasteiger partial charge in [0.15, 0.2) is 11.5 Å². The summed E-state index contributed by atoms with van der Waals surface area (Å²) >= 11 is 0. The predicted octanol–water partition coefficient (Wildman–Crippen LogP) is 6.49. The third-order valence-corrected chi connectivity index (χ3v) is 16.4. The monoisotopic (exact) mass is 559 g/mol. The number of hydrogen-bond donors (Lipinski definition) is 1. The van der Waals surface area contributed by atoms with Gasteiger partial charge >= 0.3 is 6.09 Å². The number of para-hydroxylation sites is 1. The second-order valence-electron chi connectivity index (χ2n) is 13.1. The quantitative estimate of drug-likeness (QED) is 0.286. The van der Waals surface area contributed by atoms with E-state index in [1.54, 1.807) is 32.9 Å². The number of ether oxygens (including phenoxy) is 1. The predicted molar refractivity (Wildman–Crippen MR) is 150 cm³/mol. The van der Waals surface area contributed by atoms with E-state index in [2.05, 4.69) is 54.6 Å². The van der Waals surface area contributed by atoms with Gasteiger partial charge in [-0.2, -0.15) is 0 Å². The number of nitrogens with one attached hydrogen (secondary N) is 1. The Morgan fingerprint density at radius 1 is 0.833 bits per heavy atom. The van der Waals surface area contributed by atoms with Gasteiger partial charge in [0.2, 0.25) is 10.0 Å². The number of Topliss-reactive ketones (excluding diaryl/α,β-unsaturated/α-hetero) is 1.